The van der Waals surface area contributed by atoms with Crippen molar-refractivity contribution >= 4 is 11.8 Å². The SMILES string of the molecule is CCCN1C[C@@H](NC(=O)CC23C[C@@H]4C[C@@H](CC(O)(C4)C2)C3)CC1=O. The molecule has 24 heavy (non-hydrogen) atoms. The van der Waals surface area contributed by atoms with Crippen LogP contribution in [-0.2, 0) is 9.59 Å². The minimum atomic E-state index is -0.508. The van der Waals surface area contributed by atoms with Crippen molar-refractivity contribution in [2.45, 2.75) is 76.4 Å². The third kappa shape index (κ3) is 2.96. The number of carbonyl (C=O) groups is 2. The van der Waals surface area contributed by atoms with Crippen LogP contribution in [0, 0.1) is 17.3 Å². The van der Waals surface area contributed by atoms with E-state index in [1.807, 2.05) is 4.90 Å². The fourth-order valence-electron chi connectivity index (χ4n) is 6.58. The Labute approximate surface area is 144 Å². The van der Waals surface area contributed by atoms with Crippen LogP contribution in [0.2, 0.25) is 0 Å². The van der Waals surface area contributed by atoms with E-state index in [0.29, 0.717) is 31.2 Å². The maximum Gasteiger partial charge on any atom is 0.224 e. The third-order valence-electron chi connectivity index (χ3n) is 6.76. The molecule has 0 spiro atoms. The number of amides is 2. The lowest BCUT2D eigenvalue weighted by molar-refractivity contribution is -0.169. The van der Waals surface area contributed by atoms with Gasteiger partial charge in [-0.1, -0.05) is 6.92 Å². The monoisotopic (exact) mass is 334 g/mol. The molecule has 5 aliphatic rings. The number of hydrogen-bond acceptors (Lipinski definition) is 3. The zero-order valence-corrected chi connectivity index (χ0v) is 14.7. The number of nitrogens with zero attached hydrogens (tertiary/aromatic N) is 1. The van der Waals surface area contributed by atoms with Crippen LogP contribution in [0.15, 0.2) is 0 Å². The Bertz CT molecular complexity index is 533. The largest absolute Gasteiger partial charge is 0.390 e. The maximum absolute atomic E-state index is 12.6. The van der Waals surface area contributed by atoms with Crippen molar-refractivity contribution < 1.29 is 14.7 Å². The van der Waals surface area contributed by atoms with E-state index < -0.39 is 5.60 Å². The van der Waals surface area contributed by atoms with Crippen LogP contribution >= 0.6 is 0 Å². The minimum Gasteiger partial charge on any atom is -0.390 e. The molecule has 0 aromatic carbocycles. The Kier molecular flexibility index (Phi) is 3.90. The second-order valence-electron chi connectivity index (χ2n) is 9.17. The molecule has 0 radical (unpaired) electrons. The molecule has 1 heterocycles. The van der Waals surface area contributed by atoms with Crippen LogP contribution in [0.25, 0.3) is 0 Å². The summed E-state index contributed by atoms with van der Waals surface area (Å²) in [6, 6.07) is -0.0338. The van der Waals surface area contributed by atoms with Gasteiger partial charge in [-0.25, -0.2) is 0 Å². The first-order valence-electron chi connectivity index (χ1n) is 9.68. The van der Waals surface area contributed by atoms with Crippen LogP contribution in [0.3, 0.4) is 0 Å². The highest BCUT2D eigenvalue weighted by atomic mass is 16.3. The van der Waals surface area contributed by atoms with Crippen molar-refractivity contribution in [2.24, 2.45) is 17.3 Å². The summed E-state index contributed by atoms with van der Waals surface area (Å²) in [5.74, 6) is 1.46. The lowest BCUT2D eigenvalue weighted by Crippen LogP contribution is -2.56. The average Bonchev–Trinajstić information content (AvgIpc) is 2.75. The van der Waals surface area contributed by atoms with Gasteiger partial charge in [-0.05, 0) is 62.2 Å². The van der Waals surface area contributed by atoms with Gasteiger partial charge in [-0.15, -0.1) is 0 Å². The smallest absolute Gasteiger partial charge is 0.224 e. The Morgan fingerprint density at radius 3 is 2.62 bits per heavy atom. The quantitative estimate of drug-likeness (QED) is 0.806. The molecule has 5 rings (SSSR count). The normalized spacial score (nSPS) is 43.5. The zero-order chi connectivity index (χ0) is 16.9. The van der Waals surface area contributed by atoms with E-state index in [4.69, 9.17) is 0 Å². The molecule has 1 saturated heterocycles. The molecule has 134 valence electrons. The summed E-state index contributed by atoms with van der Waals surface area (Å²) in [6.45, 7) is 3.50. The molecule has 5 heteroatoms. The molecule has 1 aliphatic heterocycles. The van der Waals surface area contributed by atoms with Gasteiger partial charge in [-0.3, -0.25) is 9.59 Å². The molecular weight excluding hydrogens is 304 g/mol. The summed E-state index contributed by atoms with van der Waals surface area (Å²) in [6.07, 6.45) is 8.05. The van der Waals surface area contributed by atoms with Crippen LogP contribution in [0.5, 0.6) is 0 Å². The predicted molar refractivity (Wildman–Crippen MR) is 90.1 cm³/mol. The summed E-state index contributed by atoms with van der Waals surface area (Å²) in [7, 11) is 0. The van der Waals surface area contributed by atoms with Gasteiger partial charge in [0, 0.05) is 25.9 Å². The number of carbonyl (C=O) groups excluding carboxylic acids is 2. The Hall–Kier alpha value is -1.10. The van der Waals surface area contributed by atoms with Crippen LogP contribution in [-0.4, -0.2) is 46.6 Å². The molecule has 4 bridgehead atoms. The van der Waals surface area contributed by atoms with Gasteiger partial charge in [0.15, 0.2) is 0 Å². The lowest BCUT2D eigenvalue weighted by Gasteiger charge is -2.60. The number of nitrogens with one attached hydrogen (secondary N) is 1. The standard InChI is InChI=1S/C19H30N2O3/c1-2-3-21-11-15(5-17(21)23)20-16(22)10-18-6-13-4-14(7-18)9-19(24,8-13)12-18/h13-15,24H,2-12H2,1H3,(H,20,22)/t13-,14+,15-,18?,19?/m0/s1. The first-order valence-corrected chi connectivity index (χ1v) is 9.68. The summed E-state index contributed by atoms with van der Waals surface area (Å²) in [4.78, 5) is 26.4. The summed E-state index contributed by atoms with van der Waals surface area (Å²) >= 11 is 0. The molecule has 4 aliphatic carbocycles. The van der Waals surface area contributed by atoms with E-state index in [0.717, 1.165) is 45.1 Å². The van der Waals surface area contributed by atoms with Crippen molar-refractivity contribution in [1.82, 2.24) is 10.2 Å². The van der Waals surface area contributed by atoms with Crippen LogP contribution < -0.4 is 5.32 Å². The van der Waals surface area contributed by atoms with Crippen LogP contribution in [0.1, 0.15) is 64.7 Å². The van der Waals surface area contributed by atoms with Gasteiger partial charge < -0.3 is 15.3 Å². The van der Waals surface area contributed by atoms with Gasteiger partial charge in [0.05, 0.1) is 11.6 Å². The van der Waals surface area contributed by atoms with Crippen molar-refractivity contribution in [2.75, 3.05) is 13.1 Å². The van der Waals surface area contributed by atoms with Gasteiger partial charge in [0.2, 0.25) is 11.8 Å². The Morgan fingerprint density at radius 1 is 1.29 bits per heavy atom. The lowest BCUT2D eigenvalue weighted by atomic mass is 9.47. The maximum atomic E-state index is 12.6. The second kappa shape index (κ2) is 5.72. The Morgan fingerprint density at radius 2 is 2.00 bits per heavy atom. The molecule has 0 aromatic heterocycles. The molecule has 5 fully saturated rings. The second-order valence-corrected chi connectivity index (χ2v) is 9.17. The van der Waals surface area contributed by atoms with E-state index in [1.54, 1.807) is 0 Å². The first-order chi connectivity index (χ1) is 11.4. The van der Waals surface area contributed by atoms with Crippen molar-refractivity contribution in [3.8, 4) is 0 Å². The van der Waals surface area contributed by atoms with Crippen molar-refractivity contribution in [3.63, 3.8) is 0 Å². The highest BCUT2D eigenvalue weighted by molar-refractivity contribution is 5.82. The van der Waals surface area contributed by atoms with E-state index in [-0.39, 0.29) is 23.3 Å². The number of likely N-dealkylation sites (tertiary alicyclic amines) is 1. The van der Waals surface area contributed by atoms with Crippen molar-refractivity contribution in [3.05, 3.63) is 0 Å². The number of hydrogen-bond donors (Lipinski definition) is 2. The minimum absolute atomic E-state index is 0.00857. The molecule has 5 atom stereocenters. The highest BCUT2D eigenvalue weighted by Gasteiger charge is 2.57. The van der Waals surface area contributed by atoms with E-state index in [2.05, 4.69) is 12.2 Å². The van der Waals surface area contributed by atoms with E-state index >= 15 is 0 Å². The molecule has 2 unspecified atom stereocenters. The summed E-state index contributed by atoms with van der Waals surface area (Å²) in [5, 5.41) is 13.9. The highest BCUT2D eigenvalue weighted by Crippen LogP contribution is 2.62. The Balaban J connectivity index is 1.36. The number of aliphatic hydroxyl groups is 1. The van der Waals surface area contributed by atoms with Crippen LogP contribution in [0.4, 0.5) is 0 Å². The first kappa shape index (κ1) is 16.4. The average molecular weight is 334 g/mol. The van der Waals surface area contributed by atoms with Gasteiger partial charge >= 0.3 is 0 Å². The zero-order valence-electron chi connectivity index (χ0n) is 14.7. The van der Waals surface area contributed by atoms with Gasteiger partial charge in [-0.2, -0.15) is 0 Å². The van der Waals surface area contributed by atoms with E-state index in [9.17, 15) is 14.7 Å². The van der Waals surface area contributed by atoms with E-state index in [1.165, 1.54) is 6.42 Å². The predicted octanol–water partition coefficient (Wildman–Crippen LogP) is 1.83. The topological polar surface area (TPSA) is 69.6 Å². The molecule has 5 nitrogen and oxygen atoms in total. The summed E-state index contributed by atoms with van der Waals surface area (Å²) in [5.41, 5.74) is -0.500. The fraction of sp³-hybridized carbons (Fsp3) is 0.895. The fourth-order valence-corrected chi connectivity index (χ4v) is 6.58. The molecule has 0 aromatic rings. The third-order valence-corrected chi connectivity index (χ3v) is 6.76. The molecule has 2 N–H and O–H groups in total. The molecule has 2 amide bonds. The molecule has 4 saturated carbocycles. The number of rotatable bonds is 5. The molecular formula is C19H30N2O3. The van der Waals surface area contributed by atoms with Crippen molar-refractivity contribution in [1.29, 1.82) is 0 Å². The van der Waals surface area contributed by atoms with Gasteiger partial charge in [0.1, 0.15) is 0 Å². The summed E-state index contributed by atoms with van der Waals surface area (Å²) < 4.78 is 0. The van der Waals surface area contributed by atoms with Gasteiger partial charge in [0.25, 0.3) is 0 Å².